The van der Waals surface area contributed by atoms with E-state index in [1.165, 1.54) is 0 Å². The Morgan fingerprint density at radius 3 is 3.05 bits per heavy atom. The lowest BCUT2D eigenvalue weighted by Gasteiger charge is -2.26. The van der Waals surface area contributed by atoms with Crippen molar-refractivity contribution in [2.45, 2.75) is 0 Å². The molecule has 6 nitrogen and oxygen atoms in total. The summed E-state index contributed by atoms with van der Waals surface area (Å²) in [6, 6.07) is 3.71. The van der Waals surface area contributed by atoms with E-state index >= 15 is 0 Å². The van der Waals surface area contributed by atoms with Crippen LogP contribution in [0.5, 0.6) is 5.88 Å². The molecule has 0 saturated carbocycles. The molecule has 2 N–H and O–H groups in total. The van der Waals surface area contributed by atoms with E-state index < -0.39 is 0 Å². The van der Waals surface area contributed by atoms with Gasteiger partial charge in [-0.1, -0.05) is 0 Å². The highest BCUT2D eigenvalue weighted by Gasteiger charge is 2.10. The van der Waals surface area contributed by atoms with Crippen molar-refractivity contribution < 1.29 is 9.47 Å². The van der Waals surface area contributed by atoms with Crippen LogP contribution in [0.25, 0.3) is 0 Å². The van der Waals surface area contributed by atoms with Gasteiger partial charge in [-0.05, 0) is 24.4 Å². The molecule has 0 unspecified atom stereocenters. The standard InChI is InChI=1S/C13H20N4O2S/c1-18-12-11(3-2-4-14-12)16-13(20)15-5-6-17-7-9-19-10-8-17/h2-4H,5-10H2,1H3,(H2,15,16,20). The zero-order valence-electron chi connectivity index (χ0n) is 11.6. The molecule has 2 heterocycles. The van der Waals surface area contributed by atoms with Crippen molar-refractivity contribution >= 4 is 23.0 Å². The van der Waals surface area contributed by atoms with Crippen molar-refractivity contribution in [1.82, 2.24) is 15.2 Å². The van der Waals surface area contributed by atoms with Crippen molar-refractivity contribution in [3.8, 4) is 5.88 Å². The van der Waals surface area contributed by atoms with Crippen LogP contribution in [0.15, 0.2) is 18.3 Å². The minimum Gasteiger partial charge on any atom is -0.480 e. The molecule has 1 aliphatic heterocycles. The number of methoxy groups -OCH3 is 1. The van der Waals surface area contributed by atoms with Gasteiger partial charge < -0.3 is 20.1 Å². The molecule has 1 aromatic rings. The summed E-state index contributed by atoms with van der Waals surface area (Å²) in [6.45, 7) is 5.35. The largest absolute Gasteiger partial charge is 0.480 e. The average Bonchev–Trinajstić information content (AvgIpc) is 2.49. The number of morpholine rings is 1. The minimum atomic E-state index is 0.532. The van der Waals surface area contributed by atoms with E-state index in [-0.39, 0.29) is 0 Å². The summed E-state index contributed by atoms with van der Waals surface area (Å²) < 4.78 is 10.5. The third kappa shape index (κ3) is 4.59. The summed E-state index contributed by atoms with van der Waals surface area (Å²) in [6.07, 6.45) is 1.68. The lowest BCUT2D eigenvalue weighted by Crippen LogP contribution is -2.42. The van der Waals surface area contributed by atoms with Gasteiger partial charge in [-0.2, -0.15) is 0 Å². The van der Waals surface area contributed by atoms with Gasteiger partial charge in [0.15, 0.2) is 5.11 Å². The van der Waals surface area contributed by atoms with Crippen LogP contribution < -0.4 is 15.4 Å². The summed E-state index contributed by atoms with van der Waals surface area (Å²) in [4.78, 5) is 6.46. The number of nitrogens with one attached hydrogen (secondary N) is 2. The number of rotatable bonds is 5. The predicted octanol–water partition coefficient (Wildman–Crippen LogP) is 0.709. The fourth-order valence-electron chi connectivity index (χ4n) is 1.97. The monoisotopic (exact) mass is 296 g/mol. The first-order valence-electron chi connectivity index (χ1n) is 6.63. The van der Waals surface area contributed by atoms with Crippen LogP contribution in [-0.2, 0) is 4.74 Å². The zero-order chi connectivity index (χ0) is 14.2. The maximum atomic E-state index is 5.31. The van der Waals surface area contributed by atoms with E-state index in [1.54, 1.807) is 13.3 Å². The summed E-state index contributed by atoms with van der Waals surface area (Å²) >= 11 is 5.26. The smallest absolute Gasteiger partial charge is 0.237 e. The topological polar surface area (TPSA) is 58.7 Å². The molecule has 0 radical (unpaired) electrons. The van der Waals surface area contributed by atoms with Crippen molar-refractivity contribution in [1.29, 1.82) is 0 Å². The SMILES string of the molecule is COc1ncccc1NC(=S)NCCN1CCOCC1. The number of anilines is 1. The first-order chi connectivity index (χ1) is 9.79. The predicted molar refractivity (Wildman–Crippen MR) is 82.3 cm³/mol. The summed E-state index contributed by atoms with van der Waals surface area (Å²) in [5.74, 6) is 0.532. The summed E-state index contributed by atoms with van der Waals surface area (Å²) in [5.41, 5.74) is 0.763. The highest BCUT2D eigenvalue weighted by Crippen LogP contribution is 2.19. The molecule has 1 saturated heterocycles. The first kappa shape index (κ1) is 15.0. The molecular weight excluding hydrogens is 276 g/mol. The van der Waals surface area contributed by atoms with Crippen LogP contribution in [0.3, 0.4) is 0 Å². The maximum absolute atomic E-state index is 5.31. The highest BCUT2D eigenvalue weighted by atomic mass is 32.1. The van der Waals surface area contributed by atoms with Gasteiger partial charge in [0.05, 0.1) is 20.3 Å². The Bertz CT molecular complexity index is 438. The molecule has 1 aromatic heterocycles. The third-order valence-electron chi connectivity index (χ3n) is 3.03. The van der Waals surface area contributed by atoms with Gasteiger partial charge >= 0.3 is 0 Å². The van der Waals surface area contributed by atoms with Gasteiger partial charge in [-0.3, -0.25) is 4.90 Å². The van der Waals surface area contributed by atoms with Crippen LogP contribution in [-0.4, -0.2) is 61.5 Å². The van der Waals surface area contributed by atoms with Gasteiger partial charge in [0.25, 0.3) is 0 Å². The van der Waals surface area contributed by atoms with Crippen LogP contribution in [0, 0.1) is 0 Å². The summed E-state index contributed by atoms with van der Waals surface area (Å²) in [5, 5.41) is 6.85. The van der Waals surface area contributed by atoms with Crippen molar-refractivity contribution in [3.63, 3.8) is 0 Å². The van der Waals surface area contributed by atoms with Gasteiger partial charge in [0, 0.05) is 32.4 Å². The van der Waals surface area contributed by atoms with Crippen LogP contribution >= 0.6 is 12.2 Å². The Morgan fingerprint density at radius 2 is 2.30 bits per heavy atom. The number of ether oxygens (including phenoxy) is 2. The van der Waals surface area contributed by atoms with Crippen LogP contribution in [0.4, 0.5) is 5.69 Å². The molecular formula is C13H20N4O2S. The second-order valence-electron chi connectivity index (χ2n) is 4.40. The molecule has 7 heteroatoms. The van der Waals surface area contributed by atoms with Gasteiger partial charge in [0.2, 0.25) is 5.88 Å². The van der Waals surface area contributed by atoms with Crippen molar-refractivity contribution in [2.24, 2.45) is 0 Å². The number of nitrogens with zero attached hydrogens (tertiary/aromatic N) is 2. The lowest BCUT2D eigenvalue weighted by molar-refractivity contribution is 0.0389. The minimum absolute atomic E-state index is 0.532. The van der Waals surface area contributed by atoms with Crippen molar-refractivity contribution in [2.75, 3.05) is 51.8 Å². The zero-order valence-corrected chi connectivity index (χ0v) is 12.4. The number of aromatic nitrogens is 1. The molecule has 0 aromatic carbocycles. The fourth-order valence-corrected chi connectivity index (χ4v) is 2.18. The summed E-state index contributed by atoms with van der Waals surface area (Å²) in [7, 11) is 1.59. The first-order valence-corrected chi connectivity index (χ1v) is 7.04. The van der Waals surface area contributed by atoms with E-state index in [0.717, 1.165) is 45.1 Å². The van der Waals surface area contributed by atoms with E-state index in [4.69, 9.17) is 21.7 Å². The highest BCUT2D eigenvalue weighted by molar-refractivity contribution is 7.80. The van der Waals surface area contributed by atoms with E-state index in [9.17, 15) is 0 Å². The average molecular weight is 296 g/mol. The van der Waals surface area contributed by atoms with Crippen LogP contribution in [0.2, 0.25) is 0 Å². The van der Waals surface area contributed by atoms with E-state index in [2.05, 4.69) is 20.5 Å². The molecule has 0 amide bonds. The quantitative estimate of drug-likeness (QED) is 0.776. The molecule has 0 spiro atoms. The normalized spacial score (nSPS) is 15.7. The Labute approximate surface area is 124 Å². The number of pyridine rings is 1. The van der Waals surface area contributed by atoms with Crippen molar-refractivity contribution in [3.05, 3.63) is 18.3 Å². The van der Waals surface area contributed by atoms with E-state index in [0.29, 0.717) is 11.0 Å². The Kier molecular flexibility index (Phi) is 5.97. The Balaban J connectivity index is 1.72. The van der Waals surface area contributed by atoms with Gasteiger partial charge in [-0.25, -0.2) is 4.98 Å². The maximum Gasteiger partial charge on any atom is 0.237 e. The third-order valence-corrected chi connectivity index (χ3v) is 3.28. The number of thiocarbonyl (C=S) groups is 1. The molecule has 20 heavy (non-hydrogen) atoms. The second-order valence-corrected chi connectivity index (χ2v) is 4.80. The second kappa shape index (κ2) is 7.98. The molecule has 0 atom stereocenters. The van der Waals surface area contributed by atoms with Gasteiger partial charge in [-0.15, -0.1) is 0 Å². The molecule has 0 aliphatic carbocycles. The van der Waals surface area contributed by atoms with Gasteiger partial charge in [0.1, 0.15) is 5.69 Å². The molecule has 1 aliphatic rings. The Morgan fingerprint density at radius 1 is 1.50 bits per heavy atom. The molecule has 2 rings (SSSR count). The molecule has 110 valence electrons. The fraction of sp³-hybridized carbons (Fsp3) is 0.538. The van der Waals surface area contributed by atoms with E-state index in [1.807, 2.05) is 12.1 Å². The van der Waals surface area contributed by atoms with Crippen LogP contribution in [0.1, 0.15) is 0 Å². The number of hydrogen-bond acceptors (Lipinski definition) is 5. The molecule has 0 bridgehead atoms. The Hall–Kier alpha value is -1.44. The molecule has 1 fully saturated rings. The lowest BCUT2D eigenvalue weighted by atomic mass is 10.4. The number of hydrogen-bond donors (Lipinski definition) is 2.